The van der Waals surface area contributed by atoms with Gasteiger partial charge in [0.25, 0.3) is 0 Å². The third-order valence-electron chi connectivity index (χ3n) is 2.64. The van der Waals surface area contributed by atoms with Crippen LogP contribution >= 0.6 is 27.5 Å². The number of carbonyl (C=O) groups is 1. The van der Waals surface area contributed by atoms with Crippen LogP contribution in [0.2, 0.25) is 0 Å². The number of hydrogen-bond donors (Lipinski definition) is 1. The van der Waals surface area contributed by atoms with Crippen molar-refractivity contribution in [2.24, 2.45) is 0 Å². The quantitative estimate of drug-likeness (QED) is 0.824. The van der Waals surface area contributed by atoms with Crippen molar-refractivity contribution < 1.29 is 4.79 Å². The summed E-state index contributed by atoms with van der Waals surface area (Å²) in [6.07, 6.45) is 0.360. The minimum absolute atomic E-state index is 0.0333. The summed E-state index contributed by atoms with van der Waals surface area (Å²) < 4.78 is 1.01. The second-order valence-corrected chi connectivity index (χ2v) is 5.37. The molecule has 2 nitrogen and oxygen atoms in total. The minimum atomic E-state index is -0.0333. The van der Waals surface area contributed by atoms with Gasteiger partial charge in [-0.1, -0.05) is 40.2 Å². The molecule has 0 aliphatic heterocycles. The molecule has 2 aromatic carbocycles. The molecule has 0 aliphatic rings. The first-order valence-electron chi connectivity index (χ1n) is 5.86. The summed E-state index contributed by atoms with van der Waals surface area (Å²) in [7, 11) is 0. The molecule has 0 saturated carbocycles. The number of nitrogens with one attached hydrogen (secondary N) is 1. The Morgan fingerprint density at radius 1 is 1.11 bits per heavy atom. The molecular formula is C15H13BrClNO. The van der Waals surface area contributed by atoms with Gasteiger partial charge in [-0.3, -0.25) is 4.79 Å². The largest absolute Gasteiger partial charge is 0.326 e. The number of hydrogen-bond acceptors (Lipinski definition) is 1. The summed E-state index contributed by atoms with van der Waals surface area (Å²) >= 11 is 9.13. The van der Waals surface area contributed by atoms with E-state index in [0.717, 1.165) is 21.3 Å². The Kier molecular flexibility index (Phi) is 5.00. The van der Waals surface area contributed by atoms with Crippen LogP contribution in [0.15, 0.2) is 53.0 Å². The molecule has 2 rings (SSSR count). The van der Waals surface area contributed by atoms with Crippen molar-refractivity contribution in [3.63, 3.8) is 0 Å². The monoisotopic (exact) mass is 337 g/mol. The maximum Gasteiger partial charge on any atom is 0.228 e. The van der Waals surface area contributed by atoms with Crippen LogP contribution < -0.4 is 5.32 Å². The van der Waals surface area contributed by atoms with Crippen molar-refractivity contribution in [1.82, 2.24) is 0 Å². The van der Waals surface area contributed by atoms with E-state index in [2.05, 4.69) is 21.2 Å². The standard InChI is InChI=1S/C15H13BrClNO/c16-13-6-4-11(5-7-13)9-15(19)18-14-3-1-2-12(8-14)10-17/h1-8H,9-10H2,(H,18,19). The molecule has 19 heavy (non-hydrogen) atoms. The van der Waals surface area contributed by atoms with E-state index < -0.39 is 0 Å². The van der Waals surface area contributed by atoms with E-state index in [-0.39, 0.29) is 5.91 Å². The first kappa shape index (κ1) is 14.1. The Bertz CT molecular complexity index is 569. The predicted octanol–water partition coefficient (Wildman–Crippen LogP) is 4.37. The van der Waals surface area contributed by atoms with Gasteiger partial charge in [-0.2, -0.15) is 0 Å². The van der Waals surface area contributed by atoms with Crippen molar-refractivity contribution >= 4 is 39.1 Å². The van der Waals surface area contributed by atoms with Crippen LogP contribution in [0.25, 0.3) is 0 Å². The highest BCUT2D eigenvalue weighted by atomic mass is 79.9. The number of carbonyl (C=O) groups excluding carboxylic acids is 1. The number of anilines is 1. The number of halogens is 2. The van der Waals surface area contributed by atoms with Gasteiger partial charge in [-0.05, 0) is 35.4 Å². The molecule has 0 saturated heterocycles. The average molecular weight is 339 g/mol. The summed E-state index contributed by atoms with van der Waals surface area (Å²) in [4.78, 5) is 11.9. The van der Waals surface area contributed by atoms with Gasteiger partial charge in [0.1, 0.15) is 0 Å². The summed E-state index contributed by atoms with van der Waals surface area (Å²) in [5, 5.41) is 2.87. The van der Waals surface area contributed by atoms with E-state index in [0.29, 0.717) is 12.3 Å². The molecule has 4 heteroatoms. The zero-order chi connectivity index (χ0) is 13.7. The van der Waals surface area contributed by atoms with Gasteiger partial charge in [0.15, 0.2) is 0 Å². The van der Waals surface area contributed by atoms with Crippen LogP contribution in [0.5, 0.6) is 0 Å². The van der Waals surface area contributed by atoms with Gasteiger partial charge in [0.05, 0.1) is 6.42 Å². The third-order valence-corrected chi connectivity index (χ3v) is 3.48. The Hall–Kier alpha value is -1.32. The third kappa shape index (κ3) is 4.37. The lowest BCUT2D eigenvalue weighted by Gasteiger charge is -2.06. The lowest BCUT2D eigenvalue weighted by Crippen LogP contribution is -2.14. The summed E-state index contributed by atoms with van der Waals surface area (Å²) in [5.41, 5.74) is 2.75. The number of amides is 1. The first-order valence-corrected chi connectivity index (χ1v) is 7.19. The Morgan fingerprint density at radius 3 is 2.53 bits per heavy atom. The van der Waals surface area contributed by atoms with Gasteiger partial charge >= 0.3 is 0 Å². The van der Waals surface area contributed by atoms with Crippen molar-refractivity contribution in [2.75, 3.05) is 5.32 Å². The first-order chi connectivity index (χ1) is 9.17. The molecule has 2 aromatic rings. The molecule has 0 heterocycles. The minimum Gasteiger partial charge on any atom is -0.326 e. The zero-order valence-corrected chi connectivity index (χ0v) is 12.5. The number of rotatable bonds is 4. The summed E-state index contributed by atoms with van der Waals surface area (Å²) in [6, 6.07) is 15.3. The van der Waals surface area contributed by atoms with Crippen molar-refractivity contribution in [3.8, 4) is 0 Å². The molecule has 0 radical (unpaired) electrons. The second-order valence-electron chi connectivity index (χ2n) is 4.19. The fourth-order valence-electron chi connectivity index (χ4n) is 1.73. The second kappa shape index (κ2) is 6.73. The van der Waals surface area contributed by atoms with Gasteiger partial charge in [0.2, 0.25) is 5.91 Å². The van der Waals surface area contributed by atoms with Crippen LogP contribution in [-0.2, 0) is 17.1 Å². The molecular weight excluding hydrogens is 326 g/mol. The van der Waals surface area contributed by atoms with E-state index >= 15 is 0 Å². The topological polar surface area (TPSA) is 29.1 Å². The molecule has 0 atom stereocenters. The van der Waals surface area contributed by atoms with E-state index in [9.17, 15) is 4.79 Å². The Morgan fingerprint density at radius 2 is 1.84 bits per heavy atom. The highest BCUT2D eigenvalue weighted by molar-refractivity contribution is 9.10. The highest BCUT2D eigenvalue weighted by Gasteiger charge is 2.04. The van der Waals surface area contributed by atoms with E-state index in [1.54, 1.807) is 0 Å². The smallest absolute Gasteiger partial charge is 0.228 e. The summed E-state index contributed by atoms with van der Waals surface area (Å²) in [6.45, 7) is 0. The molecule has 98 valence electrons. The van der Waals surface area contributed by atoms with Gasteiger partial charge < -0.3 is 5.32 Å². The normalized spacial score (nSPS) is 10.2. The van der Waals surface area contributed by atoms with E-state index in [4.69, 9.17) is 11.6 Å². The maximum atomic E-state index is 11.9. The fourth-order valence-corrected chi connectivity index (χ4v) is 2.16. The van der Waals surface area contributed by atoms with Crippen molar-refractivity contribution in [3.05, 3.63) is 64.1 Å². The average Bonchev–Trinajstić information content (AvgIpc) is 2.41. The number of alkyl halides is 1. The Balaban J connectivity index is 1.99. The lowest BCUT2D eigenvalue weighted by molar-refractivity contribution is -0.115. The van der Waals surface area contributed by atoms with Gasteiger partial charge in [0, 0.05) is 16.0 Å². The number of benzene rings is 2. The van der Waals surface area contributed by atoms with E-state index in [1.165, 1.54) is 0 Å². The molecule has 1 N–H and O–H groups in total. The molecule has 0 aliphatic carbocycles. The van der Waals surface area contributed by atoms with Crippen LogP contribution in [0.3, 0.4) is 0 Å². The predicted molar refractivity (Wildman–Crippen MR) is 82.5 cm³/mol. The van der Waals surface area contributed by atoms with Crippen LogP contribution in [0, 0.1) is 0 Å². The highest BCUT2D eigenvalue weighted by Crippen LogP contribution is 2.14. The van der Waals surface area contributed by atoms with Crippen LogP contribution in [-0.4, -0.2) is 5.91 Å². The SMILES string of the molecule is O=C(Cc1ccc(Br)cc1)Nc1cccc(CCl)c1. The van der Waals surface area contributed by atoms with Crippen LogP contribution in [0.1, 0.15) is 11.1 Å². The molecule has 0 fully saturated rings. The molecule has 0 spiro atoms. The summed E-state index contributed by atoms with van der Waals surface area (Å²) in [5.74, 6) is 0.408. The van der Waals surface area contributed by atoms with Gasteiger partial charge in [-0.15, -0.1) is 11.6 Å². The molecule has 0 bridgehead atoms. The lowest BCUT2D eigenvalue weighted by atomic mass is 10.1. The molecule has 1 amide bonds. The fraction of sp³-hybridized carbons (Fsp3) is 0.133. The maximum absolute atomic E-state index is 11.9. The van der Waals surface area contributed by atoms with Crippen molar-refractivity contribution in [1.29, 1.82) is 0 Å². The zero-order valence-electron chi connectivity index (χ0n) is 10.2. The van der Waals surface area contributed by atoms with Crippen LogP contribution in [0.4, 0.5) is 5.69 Å². The Labute approximate surface area is 125 Å². The molecule has 0 aromatic heterocycles. The molecule has 0 unspecified atom stereocenters. The van der Waals surface area contributed by atoms with Crippen molar-refractivity contribution in [2.45, 2.75) is 12.3 Å². The van der Waals surface area contributed by atoms with Gasteiger partial charge in [-0.25, -0.2) is 0 Å². The van der Waals surface area contributed by atoms with E-state index in [1.807, 2.05) is 48.5 Å².